The molecule has 1 nitrogen and oxygen atoms in total. The summed E-state index contributed by atoms with van der Waals surface area (Å²) >= 11 is 0. The fraction of sp³-hybridized carbons (Fsp3) is 0.958. The lowest BCUT2D eigenvalue weighted by atomic mass is 9.70. The molecular weight excluding hydrogens is 302 g/mol. The maximum absolute atomic E-state index is 9.39. The summed E-state index contributed by atoms with van der Waals surface area (Å²) in [5.41, 5.74) is 0. The van der Waals surface area contributed by atoms with Crippen molar-refractivity contribution in [1.82, 2.24) is 0 Å². The number of hydrogen-bond acceptors (Lipinski definition) is 1. The summed E-state index contributed by atoms with van der Waals surface area (Å²) in [6.45, 7) is 2.26. The maximum atomic E-state index is 9.39. The standard InChI is InChI=1S/C24H43N/c1-2-3-4-5-7-11-22(20-25)13-10-12-21-16-18-24(19-17-21)23-14-8-6-9-15-23/h21-24H,2-19H2,1H3. The third-order valence-corrected chi connectivity index (χ3v) is 7.21. The van der Waals surface area contributed by atoms with Gasteiger partial charge in [-0.3, -0.25) is 0 Å². The van der Waals surface area contributed by atoms with Gasteiger partial charge in [-0.25, -0.2) is 0 Å². The van der Waals surface area contributed by atoms with Crippen molar-refractivity contribution >= 4 is 0 Å². The number of nitriles is 1. The first-order valence-corrected chi connectivity index (χ1v) is 11.7. The molecule has 2 saturated carbocycles. The average Bonchev–Trinajstić information content (AvgIpc) is 2.67. The zero-order valence-corrected chi connectivity index (χ0v) is 17.0. The lowest BCUT2D eigenvalue weighted by molar-refractivity contribution is 0.162. The minimum absolute atomic E-state index is 0.334. The summed E-state index contributed by atoms with van der Waals surface area (Å²) in [6.07, 6.45) is 25.1. The van der Waals surface area contributed by atoms with Gasteiger partial charge in [0.2, 0.25) is 0 Å². The second-order valence-electron chi connectivity index (χ2n) is 9.14. The molecule has 0 bridgehead atoms. The molecule has 144 valence electrons. The first-order chi connectivity index (χ1) is 12.3. The largest absolute Gasteiger partial charge is 0.198 e. The van der Waals surface area contributed by atoms with Gasteiger partial charge in [-0.1, -0.05) is 96.8 Å². The molecule has 0 amide bonds. The lowest BCUT2D eigenvalue weighted by Gasteiger charge is -2.36. The Morgan fingerprint density at radius 2 is 1.40 bits per heavy atom. The van der Waals surface area contributed by atoms with Crippen molar-refractivity contribution in [3.8, 4) is 6.07 Å². The van der Waals surface area contributed by atoms with E-state index in [1.54, 1.807) is 0 Å². The monoisotopic (exact) mass is 345 g/mol. The van der Waals surface area contributed by atoms with Gasteiger partial charge in [0.15, 0.2) is 0 Å². The Hall–Kier alpha value is -0.510. The zero-order valence-electron chi connectivity index (χ0n) is 17.0. The molecule has 1 heteroatoms. The van der Waals surface area contributed by atoms with E-state index in [1.807, 2.05) is 0 Å². The quantitative estimate of drug-likeness (QED) is 0.347. The highest BCUT2D eigenvalue weighted by Gasteiger charge is 2.28. The van der Waals surface area contributed by atoms with E-state index in [9.17, 15) is 5.26 Å². The van der Waals surface area contributed by atoms with E-state index in [1.165, 1.54) is 103 Å². The van der Waals surface area contributed by atoms with E-state index in [0.717, 1.165) is 30.6 Å². The highest BCUT2D eigenvalue weighted by Crippen LogP contribution is 2.41. The predicted octanol–water partition coefficient (Wildman–Crippen LogP) is 8.04. The Balaban J connectivity index is 1.52. The first kappa shape index (κ1) is 20.8. The maximum Gasteiger partial charge on any atom is 0.0655 e. The highest BCUT2D eigenvalue weighted by atomic mass is 14.3. The van der Waals surface area contributed by atoms with Gasteiger partial charge < -0.3 is 0 Å². The third kappa shape index (κ3) is 8.15. The minimum Gasteiger partial charge on any atom is -0.198 e. The molecule has 25 heavy (non-hydrogen) atoms. The smallest absolute Gasteiger partial charge is 0.0655 e. The van der Waals surface area contributed by atoms with Crippen molar-refractivity contribution in [3.63, 3.8) is 0 Å². The molecular formula is C24H43N. The summed E-state index contributed by atoms with van der Waals surface area (Å²) in [5, 5.41) is 9.39. The van der Waals surface area contributed by atoms with Crippen LogP contribution in [-0.2, 0) is 0 Å². The number of hydrogen-bond donors (Lipinski definition) is 0. The van der Waals surface area contributed by atoms with E-state index < -0.39 is 0 Å². The zero-order chi connectivity index (χ0) is 17.7. The van der Waals surface area contributed by atoms with Crippen LogP contribution in [0.5, 0.6) is 0 Å². The van der Waals surface area contributed by atoms with Crippen LogP contribution in [0.25, 0.3) is 0 Å². The normalized spacial score (nSPS) is 26.2. The van der Waals surface area contributed by atoms with E-state index in [0.29, 0.717) is 5.92 Å². The van der Waals surface area contributed by atoms with E-state index in [4.69, 9.17) is 0 Å². The molecule has 1 atom stereocenters. The summed E-state index contributed by atoms with van der Waals surface area (Å²) < 4.78 is 0. The van der Waals surface area contributed by atoms with Crippen LogP contribution in [0.1, 0.15) is 122 Å². The van der Waals surface area contributed by atoms with E-state index >= 15 is 0 Å². The average molecular weight is 346 g/mol. The fourth-order valence-corrected chi connectivity index (χ4v) is 5.47. The Morgan fingerprint density at radius 3 is 2.08 bits per heavy atom. The third-order valence-electron chi connectivity index (χ3n) is 7.21. The molecule has 0 aliphatic heterocycles. The second-order valence-corrected chi connectivity index (χ2v) is 9.14. The van der Waals surface area contributed by atoms with Crippen LogP contribution in [0.2, 0.25) is 0 Å². The van der Waals surface area contributed by atoms with Crippen LogP contribution in [0.4, 0.5) is 0 Å². The molecule has 0 aromatic rings. The van der Waals surface area contributed by atoms with Gasteiger partial charge in [0.05, 0.1) is 6.07 Å². The summed E-state index contributed by atoms with van der Waals surface area (Å²) in [5.74, 6) is 3.45. The molecule has 0 aromatic carbocycles. The number of unbranched alkanes of at least 4 members (excludes halogenated alkanes) is 4. The molecule has 1 unspecified atom stereocenters. The Labute approximate surface area is 158 Å². The van der Waals surface area contributed by atoms with Crippen LogP contribution >= 0.6 is 0 Å². The van der Waals surface area contributed by atoms with Gasteiger partial charge in [0.25, 0.3) is 0 Å². The van der Waals surface area contributed by atoms with E-state index in [-0.39, 0.29) is 0 Å². The van der Waals surface area contributed by atoms with Crippen molar-refractivity contribution in [2.45, 2.75) is 122 Å². The summed E-state index contributed by atoms with van der Waals surface area (Å²) in [6, 6.07) is 2.58. The van der Waals surface area contributed by atoms with Gasteiger partial charge in [-0.05, 0) is 43.4 Å². The fourth-order valence-electron chi connectivity index (χ4n) is 5.47. The minimum atomic E-state index is 0.334. The van der Waals surface area contributed by atoms with Gasteiger partial charge in [0.1, 0.15) is 0 Å². The number of rotatable bonds is 11. The van der Waals surface area contributed by atoms with Crippen molar-refractivity contribution in [1.29, 1.82) is 5.26 Å². The molecule has 2 rings (SSSR count). The molecule has 2 aliphatic rings. The van der Waals surface area contributed by atoms with Crippen molar-refractivity contribution < 1.29 is 0 Å². The Morgan fingerprint density at radius 1 is 0.760 bits per heavy atom. The van der Waals surface area contributed by atoms with Crippen LogP contribution in [0.3, 0.4) is 0 Å². The molecule has 0 N–H and O–H groups in total. The molecule has 0 aromatic heterocycles. The van der Waals surface area contributed by atoms with Crippen LogP contribution in [0.15, 0.2) is 0 Å². The highest BCUT2D eigenvalue weighted by molar-refractivity contribution is 4.84. The molecule has 0 spiro atoms. The van der Waals surface area contributed by atoms with Gasteiger partial charge >= 0.3 is 0 Å². The molecule has 2 fully saturated rings. The number of nitrogens with zero attached hydrogens (tertiary/aromatic N) is 1. The van der Waals surface area contributed by atoms with Crippen molar-refractivity contribution in [2.24, 2.45) is 23.7 Å². The van der Waals surface area contributed by atoms with Crippen molar-refractivity contribution in [3.05, 3.63) is 0 Å². The summed E-state index contributed by atoms with van der Waals surface area (Å²) in [7, 11) is 0. The first-order valence-electron chi connectivity index (χ1n) is 11.7. The van der Waals surface area contributed by atoms with Crippen LogP contribution in [0, 0.1) is 35.0 Å². The van der Waals surface area contributed by atoms with Crippen molar-refractivity contribution in [2.75, 3.05) is 0 Å². The van der Waals surface area contributed by atoms with Gasteiger partial charge in [-0.15, -0.1) is 0 Å². The van der Waals surface area contributed by atoms with Crippen LogP contribution < -0.4 is 0 Å². The molecule has 0 radical (unpaired) electrons. The topological polar surface area (TPSA) is 23.8 Å². The van der Waals surface area contributed by atoms with Gasteiger partial charge in [0, 0.05) is 5.92 Å². The van der Waals surface area contributed by atoms with E-state index in [2.05, 4.69) is 13.0 Å². The van der Waals surface area contributed by atoms with Gasteiger partial charge in [-0.2, -0.15) is 5.26 Å². The Bertz CT molecular complexity index is 355. The lowest BCUT2D eigenvalue weighted by Crippen LogP contribution is -2.23. The second kappa shape index (κ2) is 12.8. The Kier molecular flexibility index (Phi) is 10.6. The summed E-state index contributed by atoms with van der Waals surface area (Å²) in [4.78, 5) is 0. The molecule has 0 heterocycles. The predicted molar refractivity (Wildman–Crippen MR) is 108 cm³/mol. The van der Waals surface area contributed by atoms with Crippen LogP contribution in [-0.4, -0.2) is 0 Å². The molecule has 0 saturated heterocycles. The SMILES string of the molecule is CCCCCCCC(C#N)CCCC1CCC(C2CCCCC2)CC1. The molecule has 2 aliphatic carbocycles.